The van der Waals surface area contributed by atoms with Crippen molar-refractivity contribution in [2.45, 2.75) is 26.3 Å². The Kier molecular flexibility index (Phi) is 6.06. The fourth-order valence-electron chi connectivity index (χ4n) is 4.06. The molecule has 0 saturated carbocycles. The Hall–Kier alpha value is -3.30. The van der Waals surface area contributed by atoms with E-state index >= 15 is 0 Å². The number of rotatable bonds is 6. The lowest BCUT2D eigenvalue weighted by Crippen LogP contribution is -2.49. The van der Waals surface area contributed by atoms with Crippen LogP contribution < -0.4 is 4.90 Å². The van der Waals surface area contributed by atoms with Crippen molar-refractivity contribution in [2.24, 2.45) is 0 Å². The smallest absolute Gasteiger partial charge is 0.169 e. The molecule has 1 saturated heterocycles. The predicted molar refractivity (Wildman–Crippen MR) is 130 cm³/mol. The molecule has 5 rings (SSSR count). The van der Waals surface area contributed by atoms with Crippen LogP contribution in [-0.2, 0) is 6.42 Å². The summed E-state index contributed by atoms with van der Waals surface area (Å²) in [5.41, 5.74) is 4.59. The van der Waals surface area contributed by atoms with Crippen LogP contribution in [0.15, 0.2) is 48.2 Å². The van der Waals surface area contributed by atoms with E-state index < -0.39 is 0 Å². The Morgan fingerprint density at radius 2 is 1.94 bits per heavy atom. The second kappa shape index (κ2) is 9.29. The van der Waals surface area contributed by atoms with Gasteiger partial charge in [0.05, 0.1) is 17.6 Å². The SMILES string of the molecule is CC(C)N1CCN(c2cc(C(=O)Cc3cc4nc(-c5nncs5)ccc4cn3)ccn2)CC1. The lowest BCUT2D eigenvalue weighted by atomic mass is 10.1. The first-order valence-corrected chi connectivity index (χ1v) is 12.0. The highest BCUT2D eigenvalue weighted by atomic mass is 32.1. The first-order valence-electron chi connectivity index (χ1n) is 11.1. The van der Waals surface area contributed by atoms with E-state index in [4.69, 9.17) is 0 Å². The molecular weight excluding hydrogens is 434 g/mol. The fourth-order valence-corrected chi connectivity index (χ4v) is 4.58. The molecule has 168 valence electrons. The Labute approximate surface area is 196 Å². The third-order valence-corrected chi connectivity index (χ3v) is 6.70. The van der Waals surface area contributed by atoms with Gasteiger partial charge in [-0.05, 0) is 44.2 Å². The topological polar surface area (TPSA) is 88.0 Å². The summed E-state index contributed by atoms with van der Waals surface area (Å²) in [4.78, 5) is 31.5. The quantitative estimate of drug-likeness (QED) is 0.405. The van der Waals surface area contributed by atoms with Gasteiger partial charge in [0.1, 0.15) is 17.0 Å². The highest BCUT2D eigenvalue weighted by Crippen LogP contribution is 2.23. The zero-order valence-electron chi connectivity index (χ0n) is 18.7. The molecule has 9 heteroatoms. The Balaban J connectivity index is 1.32. The normalized spacial score (nSPS) is 14.8. The number of aromatic nitrogens is 5. The molecule has 0 bridgehead atoms. The molecular formula is C24H25N7OS. The van der Waals surface area contributed by atoms with Gasteiger partial charge >= 0.3 is 0 Å². The molecule has 0 unspecified atom stereocenters. The summed E-state index contributed by atoms with van der Waals surface area (Å²) in [6, 6.07) is 9.99. The van der Waals surface area contributed by atoms with Gasteiger partial charge in [0.25, 0.3) is 0 Å². The Morgan fingerprint density at radius 1 is 1.09 bits per heavy atom. The van der Waals surface area contributed by atoms with Crippen LogP contribution in [0.2, 0.25) is 0 Å². The summed E-state index contributed by atoms with van der Waals surface area (Å²) in [5, 5.41) is 9.66. The predicted octanol–water partition coefficient (Wildman–Crippen LogP) is 3.50. The number of hydrogen-bond acceptors (Lipinski definition) is 9. The molecule has 1 aliphatic rings. The molecule has 0 spiro atoms. The van der Waals surface area contributed by atoms with Crippen LogP contribution in [0.1, 0.15) is 29.9 Å². The van der Waals surface area contributed by atoms with Gasteiger partial charge in [0.15, 0.2) is 10.8 Å². The number of pyridine rings is 3. The molecule has 0 atom stereocenters. The number of hydrogen-bond donors (Lipinski definition) is 0. The van der Waals surface area contributed by atoms with Gasteiger partial charge in [0.2, 0.25) is 0 Å². The Morgan fingerprint density at radius 3 is 2.70 bits per heavy atom. The second-order valence-corrected chi connectivity index (χ2v) is 9.26. The van der Waals surface area contributed by atoms with Crippen molar-refractivity contribution in [1.29, 1.82) is 0 Å². The van der Waals surface area contributed by atoms with Crippen LogP contribution in [0.3, 0.4) is 0 Å². The monoisotopic (exact) mass is 459 g/mol. The molecule has 0 radical (unpaired) electrons. The first kappa shape index (κ1) is 21.5. The number of carbonyl (C=O) groups is 1. The van der Waals surface area contributed by atoms with Crippen molar-refractivity contribution in [3.63, 3.8) is 0 Å². The maximum atomic E-state index is 13.0. The average molecular weight is 460 g/mol. The highest BCUT2D eigenvalue weighted by molar-refractivity contribution is 7.12. The van der Waals surface area contributed by atoms with Crippen molar-refractivity contribution < 1.29 is 4.79 Å². The molecule has 0 amide bonds. The minimum absolute atomic E-state index is 0.0200. The van der Waals surface area contributed by atoms with Gasteiger partial charge in [-0.25, -0.2) is 9.97 Å². The van der Waals surface area contributed by atoms with Crippen LogP contribution in [0.25, 0.3) is 21.6 Å². The van der Waals surface area contributed by atoms with E-state index in [1.807, 2.05) is 24.3 Å². The zero-order chi connectivity index (χ0) is 22.8. The van der Waals surface area contributed by atoms with Crippen molar-refractivity contribution in [3.8, 4) is 10.7 Å². The van der Waals surface area contributed by atoms with E-state index in [2.05, 4.69) is 48.8 Å². The van der Waals surface area contributed by atoms with Crippen LogP contribution >= 0.6 is 11.3 Å². The number of Topliss-reactive ketones (excluding diaryl/α,β-unsaturated/α-hetero) is 1. The largest absolute Gasteiger partial charge is 0.354 e. The van der Waals surface area contributed by atoms with Gasteiger partial charge < -0.3 is 4.90 Å². The summed E-state index contributed by atoms with van der Waals surface area (Å²) < 4.78 is 0. The molecule has 0 aromatic carbocycles. The van der Waals surface area contributed by atoms with Crippen molar-refractivity contribution in [3.05, 3.63) is 59.5 Å². The van der Waals surface area contributed by atoms with Crippen molar-refractivity contribution in [2.75, 3.05) is 31.1 Å². The van der Waals surface area contributed by atoms with E-state index in [9.17, 15) is 4.79 Å². The number of anilines is 1. The molecule has 0 N–H and O–H groups in total. The number of carbonyl (C=O) groups excluding carboxylic acids is 1. The molecule has 4 aromatic rings. The van der Waals surface area contributed by atoms with E-state index in [0.717, 1.165) is 53.6 Å². The third-order valence-electron chi connectivity index (χ3n) is 5.99. The first-order chi connectivity index (χ1) is 16.1. The van der Waals surface area contributed by atoms with Gasteiger partial charge in [-0.1, -0.05) is 11.3 Å². The number of fused-ring (bicyclic) bond motifs is 1. The Bertz CT molecular complexity index is 1270. The van der Waals surface area contributed by atoms with Gasteiger partial charge in [-0.15, -0.1) is 10.2 Å². The maximum absolute atomic E-state index is 13.0. The zero-order valence-corrected chi connectivity index (χ0v) is 19.5. The minimum Gasteiger partial charge on any atom is -0.354 e. The van der Waals surface area contributed by atoms with Gasteiger partial charge in [0, 0.05) is 55.6 Å². The average Bonchev–Trinajstić information content (AvgIpc) is 3.39. The summed E-state index contributed by atoms with van der Waals surface area (Å²) in [5.74, 6) is 0.880. The van der Waals surface area contributed by atoms with Gasteiger partial charge in [-0.2, -0.15) is 0 Å². The number of ketones is 1. The van der Waals surface area contributed by atoms with E-state index in [1.165, 1.54) is 11.3 Å². The van der Waals surface area contributed by atoms with Crippen LogP contribution in [0.5, 0.6) is 0 Å². The fraction of sp³-hybridized carbons (Fsp3) is 0.333. The van der Waals surface area contributed by atoms with Crippen molar-refractivity contribution >= 4 is 33.8 Å². The van der Waals surface area contributed by atoms with Crippen LogP contribution in [0.4, 0.5) is 5.82 Å². The van der Waals surface area contributed by atoms with E-state index in [1.54, 1.807) is 24.0 Å². The molecule has 33 heavy (non-hydrogen) atoms. The number of nitrogens with zero attached hydrogens (tertiary/aromatic N) is 7. The maximum Gasteiger partial charge on any atom is 0.169 e. The molecule has 0 aliphatic carbocycles. The van der Waals surface area contributed by atoms with E-state index in [-0.39, 0.29) is 12.2 Å². The van der Waals surface area contributed by atoms with E-state index in [0.29, 0.717) is 17.3 Å². The molecule has 8 nitrogen and oxygen atoms in total. The molecule has 4 aromatic heterocycles. The highest BCUT2D eigenvalue weighted by Gasteiger charge is 2.20. The summed E-state index contributed by atoms with van der Waals surface area (Å²) in [7, 11) is 0. The molecule has 5 heterocycles. The lowest BCUT2D eigenvalue weighted by molar-refractivity contribution is 0.0992. The van der Waals surface area contributed by atoms with Crippen molar-refractivity contribution in [1.82, 2.24) is 30.0 Å². The van der Waals surface area contributed by atoms with Gasteiger partial charge in [-0.3, -0.25) is 14.7 Å². The van der Waals surface area contributed by atoms with Crippen LogP contribution in [-0.4, -0.2) is 68.1 Å². The third kappa shape index (κ3) is 4.74. The second-order valence-electron chi connectivity index (χ2n) is 8.43. The van der Waals surface area contributed by atoms with Crippen LogP contribution in [0, 0.1) is 0 Å². The molecule has 1 aliphatic heterocycles. The summed E-state index contributed by atoms with van der Waals surface area (Å²) in [6.45, 7) is 8.28. The molecule has 1 fully saturated rings. The lowest BCUT2D eigenvalue weighted by Gasteiger charge is -2.37. The number of piperazine rings is 1. The summed E-state index contributed by atoms with van der Waals surface area (Å²) >= 11 is 1.44. The standard InChI is InChI=1S/C24H25N7OS/c1-16(2)30-7-9-31(10-8-30)23-11-17(5-6-25-23)22(32)13-19-12-21-18(14-26-19)3-4-20(28-21)24-29-27-15-33-24/h3-6,11-12,14-16H,7-10,13H2,1-2H3. The minimum atomic E-state index is 0.0200. The summed E-state index contributed by atoms with van der Waals surface area (Å²) in [6.07, 6.45) is 3.70.